The second-order valence-corrected chi connectivity index (χ2v) is 4.87. The molecule has 94 valence electrons. The lowest BCUT2D eigenvalue weighted by molar-refractivity contribution is 0.593. The Balaban J connectivity index is 2.06. The largest absolute Gasteiger partial charge is 0.423 e. The first-order valence-electron chi connectivity index (χ1n) is 6.65. The highest BCUT2D eigenvalue weighted by atomic mass is 16.4. The van der Waals surface area contributed by atoms with Crippen molar-refractivity contribution in [3.05, 3.63) is 35.0 Å². The molecule has 0 radical (unpaired) electrons. The molecule has 1 aliphatic carbocycles. The Kier molecular flexibility index (Phi) is 2.82. The minimum Gasteiger partial charge on any atom is -0.423 e. The highest BCUT2D eigenvalue weighted by molar-refractivity contribution is 5.63. The fourth-order valence-corrected chi connectivity index (χ4v) is 2.71. The van der Waals surface area contributed by atoms with Crippen LogP contribution in [0.5, 0.6) is 0 Å². The van der Waals surface area contributed by atoms with Crippen LogP contribution in [-0.2, 0) is 19.3 Å². The third-order valence-electron chi connectivity index (χ3n) is 3.66. The fraction of sp³-hybridized carbons (Fsp3) is 0.400. The second kappa shape index (κ2) is 4.48. The van der Waals surface area contributed by atoms with Crippen molar-refractivity contribution in [2.75, 3.05) is 5.73 Å². The van der Waals surface area contributed by atoms with Crippen molar-refractivity contribution in [2.45, 2.75) is 39.0 Å². The lowest BCUT2D eigenvalue weighted by Crippen LogP contribution is -2.02. The van der Waals surface area contributed by atoms with Crippen LogP contribution in [0.1, 0.15) is 36.6 Å². The number of anilines is 1. The van der Waals surface area contributed by atoms with Crippen LogP contribution in [0.15, 0.2) is 22.6 Å². The number of nitrogens with two attached hydrogens (primary N) is 1. The molecule has 0 aliphatic heterocycles. The number of oxazole rings is 1. The molecular weight excluding hydrogens is 224 g/mol. The second-order valence-electron chi connectivity index (χ2n) is 4.87. The van der Waals surface area contributed by atoms with Crippen LogP contribution in [0.25, 0.3) is 11.3 Å². The Morgan fingerprint density at radius 2 is 2.00 bits per heavy atom. The number of hydrogen-bond acceptors (Lipinski definition) is 3. The maximum Gasteiger partial charge on any atom is 0.292 e. The van der Waals surface area contributed by atoms with E-state index in [1.165, 1.54) is 36.8 Å². The van der Waals surface area contributed by atoms with Gasteiger partial charge in [0, 0.05) is 5.56 Å². The van der Waals surface area contributed by atoms with Crippen molar-refractivity contribution in [1.82, 2.24) is 4.98 Å². The normalized spacial score (nSPS) is 14.5. The number of fused-ring (bicyclic) bond motifs is 1. The van der Waals surface area contributed by atoms with E-state index in [0.29, 0.717) is 0 Å². The van der Waals surface area contributed by atoms with Gasteiger partial charge in [-0.05, 0) is 49.3 Å². The van der Waals surface area contributed by atoms with Crippen LogP contribution >= 0.6 is 0 Å². The molecule has 0 amide bonds. The lowest BCUT2D eigenvalue weighted by atomic mass is 9.90. The number of nitrogens with zero attached hydrogens (tertiary/aromatic N) is 1. The maximum atomic E-state index is 5.65. The van der Waals surface area contributed by atoms with Gasteiger partial charge in [0.25, 0.3) is 6.01 Å². The Morgan fingerprint density at radius 1 is 1.22 bits per heavy atom. The van der Waals surface area contributed by atoms with Gasteiger partial charge in [-0.3, -0.25) is 0 Å². The van der Waals surface area contributed by atoms with Gasteiger partial charge >= 0.3 is 0 Å². The summed E-state index contributed by atoms with van der Waals surface area (Å²) in [5, 5.41) is 0. The molecule has 0 atom stereocenters. The molecule has 3 heteroatoms. The first-order valence-corrected chi connectivity index (χ1v) is 6.65. The van der Waals surface area contributed by atoms with Gasteiger partial charge in [0.1, 0.15) is 0 Å². The quantitative estimate of drug-likeness (QED) is 0.878. The van der Waals surface area contributed by atoms with Gasteiger partial charge < -0.3 is 10.2 Å². The highest BCUT2D eigenvalue weighted by Crippen LogP contribution is 2.30. The summed E-state index contributed by atoms with van der Waals surface area (Å²) in [6.07, 6.45) is 5.81. The number of aromatic nitrogens is 1. The maximum absolute atomic E-state index is 5.65. The molecule has 0 saturated carbocycles. The van der Waals surface area contributed by atoms with Crippen LogP contribution in [0, 0.1) is 0 Å². The van der Waals surface area contributed by atoms with Gasteiger partial charge in [-0.15, -0.1) is 0 Å². The Hall–Kier alpha value is -1.77. The third kappa shape index (κ3) is 1.90. The summed E-state index contributed by atoms with van der Waals surface area (Å²) in [5.74, 6) is 0.836. The Bertz CT molecular complexity index is 572. The molecule has 0 saturated heterocycles. The van der Waals surface area contributed by atoms with Gasteiger partial charge in [-0.2, -0.15) is 4.98 Å². The fourth-order valence-electron chi connectivity index (χ4n) is 2.71. The van der Waals surface area contributed by atoms with E-state index in [9.17, 15) is 0 Å². The number of hydrogen-bond donors (Lipinski definition) is 1. The zero-order chi connectivity index (χ0) is 12.5. The molecule has 2 N–H and O–H groups in total. The zero-order valence-corrected chi connectivity index (χ0v) is 10.7. The van der Waals surface area contributed by atoms with Crippen molar-refractivity contribution in [3.63, 3.8) is 0 Å². The molecule has 3 rings (SSSR count). The SMILES string of the molecule is CCc1nc(N)oc1-c1ccc2c(c1)CCCC2. The van der Waals surface area contributed by atoms with Gasteiger partial charge in [0.2, 0.25) is 0 Å². The monoisotopic (exact) mass is 242 g/mol. The third-order valence-corrected chi connectivity index (χ3v) is 3.66. The van der Waals surface area contributed by atoms with E-state index in [4.69, 9.17) is 10.2 Å². The summed E-state index contributed by atoms with van der Waals surface area (Å²) in [6.45, 7) is 2.07. The minimum absolute atomic E-state index is 0.263. The van der Waals surface area contributed by atoms with Gasteiger partial charge in [0.05, 0.1) is 5.69 Å². The van der Waals surface area contributed by atoms with Crippen molar-refractivity contribution < 1.29 is 4.42 Å². The van der Waals surface area contributed by atoms with Crippen LogP contribution in [0.4, 0.5) is 6.01 Å². The molecule has 0 bridgehead atoms. The van der Waals surface area contributed by atoms with Gasteiger partial charge in [-0.25, -0.2) is 0 Å². The molecule has 0 unspecified atom stereocenters. The van der Waals surface area contributed by atoms with Crippen LogP contribution in [0.3, 0.4) is 0 Å². The highest BCUT2D eigenvalue weighted by Gasteiger charge is 2.15. The predicted molar refractivity (Wildman–Crippen MR) is 72.4 cm³/mol. The number of aryl methyl sites for hydroxylation is 3. The van der Waals surface area contributed by atoms with E-state index >= 15 is 0 Å². The molecule has 1 aliphatic rings. The average molecular weight is 242 g/mol. The number of nitrogen functional groups attached to an aromatic ring is 1. The molecule has 1 heterocycles. The van der Waals surface area contributed by atoms with E-state index in [-0.39, 0.29) is 6.01 Å². The predicted octanol–water partition coefficient (Wildman–Crippen LogP) is 3.37. The average Bonchev–Trinajstić information content (AvgIpc) is 2.79. The summed E-state index contributed by atoms with van der Waals surface area (Å²) >= 11 is 0. The molecule has 3 nitrogen and oxygen atoms in total. The van der Waals surface area contributed by atoms with E-state index < -0.39 is 0 Å². The minimum atomic E-state index is 0.263. The van der Waals surface area contributed by atoms with Crippen molar-refractivity contribution in [3.8, 4) is 11.3 Å². The molecule has 0 spiro atoms. The first-order chi connectivity index (χ1) is 8.78. The van der Waals surface area contributed by atoms with Gasteiger partial charge in [-0.1, -0.05) is 19.1 Å². The zero-order valence-electron chi connectivity index (χ0n) is 10.7. The number of rotatable bonds is 2. The Morgan fingerprint density at radius 3 is 2.78 bits per heavy atom. The van der Waals surface area contributed by atoms with E-state index in [1.807, 2.05) is 0 Å². The van der Waals surface area contributed by atoms with E-state index in [0.717, 1.165) is 23.4 Å². The molecule has 2 aromatic rings. The lowest BCUT2D eigenvalue weighted by Gasteiger charge is -2.16. The van der Waals surface area contributed by atoms with Gasteiger partial charge in [0.15, 0.2) is 5.76 Å². The summed E-state index contributed by atoms with van der Waals surface area (Å²) in [6, 6.07) is 6.86. The summed E-state index contributed by atoms with van der Waals surface area (Å²) in [7, 11) is 0. The molecule has 0 fully saturated rings. The van der Waals surface area contributed by atoms with Crippen LogP contribution < -0.4 is 5.73 Å². The van der Waals surface area contributed by atoms with Crippen LogP contribution in [0.2, 0.25) is 0 Å². The van der Waals surface area contributed by atoms with E-state index in [1.54, 1.807) is 0 Å². The first kappa shape index (κ1) is 11.3. The smallest absolute Gasteiger partial charge is 0.292 e. The van der Waals surface area contributed by atoms with E-state index in [2.05, 4.69) is 30.1 Å². The summed E-state index contributed by atoms with van der Waals surface area (Å²) in [4.78, 5) is 4.23. The molecule has 18 heavy (non-hydrogen) atoms. The molecule has 1 aromatic carbocycles. The summed E-state index contributed by atoms with van der Waals surface area (Å²) < 4.78 is 5.55. The molecule has 1 aromatic heterocycles. The number of benzene rings is 1. The molecular formula is C15H18N2O. The van der Waals surface area contributed by atoms with Crippen LogP contribution in [-0.4, -0.2) is 4.98 Å². The van der Waals surface area contributed by atoms with Crippen molar-refractivity contribution in [1.29, 1.82) is 0 Å². The Labute approximate surface area is 107 Å². The summed E-state index contributed by atoms with van der Waals surface area (Å²) in [5.41, 5.74) is 10.6. The topological polar surface area (TPSA) is 52.0 Å². The van der Waals surface area contributed by atoms with Crippen molar-refractivity contribution >= 4 is 6.01 Å². The van der Waals surface area contributed by atoms with Crippen molar-refractivity contribution in [2.24, 2.45) is 0 Å². The standard InChI is InChI=1S/C15H18N2O/c1-2-13-14(18-15(16)17-13)12-8-7-10-5-3-4-6-11(10)9-12/h7-9H,2-6H2,1H3,(H2,16,17).